The summed E-state index contributed by atoms with van der Waals surface area (Å²) in [6.45, 7) is 1.93. The van der Waals surface area contributed by atoms with Crippen LogP contribution in [0.2, 0.25) is 0 Å². The number of aliphatic hydroxyl groups excluding tert-OH is 1. The molecule has 1 amide bonds. The standard InChI is InChI=1S/C13H12N4O2S/c1-9-8-11(6-5-10(9)4-2-3-7-18)12(19)14-13-15-16-17-20-13/h5-6,8,18H,3,7H2,1H3,(H,14,15,17,19). The third-order valence-electron chi connectivity index (χ3n) is 2.47. The van der Waals surface area contributed by atoms with Crippen molar-refractivity contribution in [2.75, 3.05) is 11.9 Å². The van der Waals surface area contributed by atoms with Crippen LogP contribution in [0.15, 0.2) is 18.2 Å². The molecule has 7 heteroatoms. The van der Waals surface area contributed by atoms with Crippen molar-refractivity contribution in [2.45, 2.75) is 13.3 Å². The third-order valence-corrected chi connectivity index (χ3v) is 2.98. The number of nitrogens with one attached hydrogen (secondary N) is 1. The molecule has 0 aliphatic rings. The highest BCUT2D eigenvalue weighted by Crippen LogP contribution is 2.13. The van der Waals surface area contributed by atoms with Crippen LogP contribution in [-0.2, 0) is 0 Å². The highest BCUT2D eigenvalue weighted by molar-refractivity contribution is 7.09. The van der Waals surface area contributed by atoms with Crippen LogP contribution < -0.4 is 5.32 Å². The first-order valence-corrected chi connectivity index (χ1v) is 6.65. The van der Waals surface area contributed by atoms with Crippen LogP contribution in [0.3, 0.4) is 0 Å². The topological polar surface area (TPSA) is 88.0 Å². The van der Waals surface area contributed by atoms with Crippen molar-refractivity contribution >= 4 is 22.6 Å². The van der Waals surface area contributed by atoms with E-state index < -0.39 is 0 Å². The molecule has 6 nitrogen and oxygen atoms in total. The molecular formula is C13H12N4O2S. The van der Waals surface area contributed by atoms with Crippen molar-refractivity contribution in [3.8, 4) is 11.8 Å². The normalized spacial score (nSPS) is 9.70. The molecule has 0 atom stereocenters. The summed E-state index contributed by atoms with van der Waals surface area (Å²) in [5.41, 5.74) is 2.26. The zero-order valence-electron chi connectivity index (χ0n) is 10.8. The Morgan fingerprint density at radius 2 is 2.35 bits per heavy atom. The van der Waals surface area contributed by atoms with Gasteiger partial charge in [0.1, 0.15) is 0 Å². The zero-order valence-corrected chi connectivity index (χ0v) is 11.6. The molecule has 0 bridgehead atoms. The first kappa shape index (κ1) is 14.1. The lowest BCUT2D eigenvalue weighted by molar-refractivity contribution is 0.102. The minimum absolute atomic E-state index is 0.0441. The summed E-state index contributed by atoms with van der Waals surface area (Å²) in [4.78, 5) is 12.0. The molecule has 0 unspecified atom stereocenters. The maximum Gasteiger partial charge on any atom is 0.257 e. The summed E-state index contributed by atoms with van der Waals surface area (Å²) in [6.07, 6.45) is 0.436. The summed E-state index contributed by atoms with van der Waals surface area (Å²) >= 11 is 1.02. The summed E-state index contributed by atoms with van der Waals surface area (Å²) in [7, 11) is 0. The van der Waals surface area contributed by atoms with E-state index in [1.54, 1.807) is 18.2 Å². The number of carbonyl (C=O) groups is 1. The van der Waals surface area contributed by atoms with E-state index in [0.29, 0.717) is 17.1 Å². The highest BCUT2D eigenvalue weighted by atomic mass is 32.1. The third kappa shape index (κ3) is 3.60. The van der Waals surface area contributed by atoms with E-state index in [0.717, 1.165) is 22.7 Å². The SMILES string of the molecule is Cc1cc(C(=O)Nc2nnns2)ccc1C#CCCO. The Morgan fingerprint density at radius 1 is 1.50 bits per heavy atom. The quantitative estimate of drug-likeness (QED) is 0.829. The fourth-order valence-electron chi connectivity index (χ4n) is 1.51. The Bertz CT molecular complexity index is 659. The summed E-state index contributed by atoms with van der Waals surface area (Å²) in [5.74, 6) is 5.54. The molecule has 0 fully saturated rings. The maximum absolute atomic E-state index is 12.0. The number of aromatic nitrogens is 3. The van der Waals surface area contributed by atoms with E-state index in [1.165, 1.54) is 0 Å². The van der Waals surface area contributed by atoms with Crippen molar-refractivity contribution in [1.29, 1.82) is 0 Å². The number of aliphatic hydroxyl groups is 1. The lowest BCUT2D eigenvalue weighted by Gasteiger charge is -2.03. The number of benzene rings is 1. The molecule has 0 saturated heterocycles. The van der Waals surface area contributed by atoms with Crippen LogP contribution in [0.1, 0.15) is 27.9 Å². The van der Waals surface area contributed by atoms with Crippen LogP contribution in [-0.4, -0.2) is 32.4 Å². The Balaban J connectivity index is 2.12. The predicted octanol–water partition coefficient (Wildman–Crippen LogP) is 1.23. The monoisotopic (exact) mass is 288 g/mol. The predicted molar refractivity (Wildman–Crippen MR) is 75.4 cm³/mol. The van der Waals surface area contributed by atoms with Gasteiger partial charge in [0.25, 0.3) is 5.91 Å². The van der Waals surface area contributed by atoms with E-state index in [1.807, 2.05) is 6.92 Å². The van der Waals surface area contributed by atoms with E-state index in [2.05, 4.69) is 32.0 Å². The molecule has 2 rings (SSSR count). The largest absolute Gasteiger partial charge is 0.395 e. The summed E-state index contributed by atoms with van der Waals surface area (Å²) in [6, 6.07) is 5.24. The van der Waals surface area contributed by atoms with Crippen molar-refractivity contribution in [2.24, 2.45) is 0 Å². The number of amides is 1. The van der Waals surface area contributed by atoms with Gasteiger partial charge < -0.3 is 5.11 Å². The fourth-order valence-corrected chi connectivity index (χ4v) is 1.87. The first-order chi connectivity index (χ1) is 9.70. The molecule has 0 radical (unpaired) electrons. The van der Waals surface area contributed by atoms with Gasteiger partial charge in [0, 0.05) is 29.1 Å². The average molecular weight is 288 g/mol. The van der Waals surface area contributed by atoms with E-state index >= 15 is 0 Å². The molecule has 2 N–H and O–H groups in total. The Kier molecular flexibility index (Phi) is 4.76. The smallest absolute Gasteiger partial charge is 0.257 e. The van der Waals surface area contributed by atoms with Crippen molar-refractivity contribution in [3.05, 3.63) is 34.9 Å². The van der Waals surface area contributed by atoms with Crippen LogP contribution >= 0.6 is 11.5 Å². The molecule has 0 aliphatic heterocycles. The number of carbonyl (C=O) groups excluding carboxylic acids is 1. The second kappa shape index (κ2) is 6.75. The van der Waals surface area contributed by atoms with Crippen molar-refractivity contribution < 1.29 is 9.90 Å². The maximum atomic E-state index is 12.0. The average Bonchev–Trinajstić information content (AvgIpc) is 2.93. The van der Waals surface area contributed by atoms with E-state index in [9.17, 15) is 4.79 Å². The van der Waals surface area contributed by atoms with Crippen LogP contribution in [0.4, 0.5) is 5.13 Å². The molecule has 1 heterocycles. The van der Waals surface area contributed by atoms with Gasteiger partial charge >= 0.3 is 0 Å². The van der Waals surface area contributed by atoms with Gasteiger partial charge in [0.05, 0.1) is 6.61 Å². The lowest BCUT2D eigenvalue weighted by Crippen LogP contribution is -2.12. The molecular weight excluding hydrogens is 276 g/mol. The highest BCUT2D eigenvalue weighted by Gasteiger charge is 2.09. The van der Waals surface area contributed by atoms with Gasteiger partial charge in [-0.2, -0.15) is 0 Å². The summed E-state index contributed by atoms with van der Waals surface area (Å²) < 4.78 is 3.57. The Hall–Kier alpha value is -2.30. The van der Waals surface area contributed by atoms with Crippen molar-refractivity contribution in [1.82, 2.24) is 14.8 Å². The first-order valence-electron chi connectivity index (χ1n) is 5.87. The minimum Gasteiger partial charge on any atom is -0.395 e. The Morgan fingerprint density at radius 3 is 3.00 bits per heavy atom. The van der Waals surface area contributed by atoms with Gasteiger partial charge in [-0.1, -0.05) is 21.4 Å². The van der Waals surface area contributed by atoms with Crippen molar-refractivity contribution in [3.63, 3.8) is 0 Å². The molecule has 1 aromatic heterocycles. The van der Waals surface area contributed by atoms with Gasteiger partial charge in [-0.25, -0.2) is 0 Å². The summed E-state index contributed by atoms with van der Waals surface area (Å²) in [5, 5.41) is 18.7. The lowest BCUT2D eigenvalue weighted by atomic mass is 10.0. The van der Waals surface area contributed by atoms with Crippen LogP contribution in [0.25, 0.3) is 0 Å². The number of aryl methyl sites for hydroxylation is 1. The molecule has 0 saturated carbocycles. The van der Waals surface area contributed by atoms with Crippen LogP contribution in [0.5, 0.6) is 0 Å². The van der Waals surface area contributed by atoms with E-state index in [4.69, 9.17) is 5.11 Å². The molecule has 20 heavy (non-hydrogen) atoms. The molecule has 0 spiro atoms. The Labute approximate surface area is 120 Å². The molecule has 102 valence electrons. The number of hydrogen-bond acceptors (Lipinski definition) is 6. The minimum atomic E-state index is -0.262. The number of rotatable bonds is 3. The number of anilines is 1. The number of hydrogen-bond donors (Lipinski definition) is 2. The van der Waals surface area contributed by atoms with Gasteiger partial charge in [0.2, 0.25) is 5.13 Å². The van der Waals surface area contributed by atoms with Gasteiger partial charge in [-0.15, -0.1) is 0 Å². The van der Waals surface area contributed by atoms with Gasteiger partial charge in [-0.3, -0.25) is 10.1 Å². The van der Waals surface area contributed by atoms with Gasteiger partial charge in [-0.05, 0) is 35.9 Å². The van der Waals surface area contributed by atoms with E-state index in [-0.39, 0.29) is 12.5 Å². The number of nitrogens with zero attached hydrogens (tertiary/aromatic N) is 3. The molecule has 2 aromatic rings. The molecule has 0 aliphatic carbocycles. The van der Waals surface area contributed by atoms with Gasteiger partial charge in [0.15, 0.2) is 0 Å². The van der Waals surface area contributed by atoms with Crippen LogP contribution in [0, 0.1) is 18.8 Å². The second-order valence-electron chi connectivity index (χ2n) is 3.93. The zero-order chi connectivity index (χ0) is 14.4. The molecule has 1 aromatic carbocycles. The fraction of sp³-hybridized carbons (Fsp3) is 0.231. The second-order valence-corrected chi connectivity index (χ2v) is 4.66.